The van der Waals surface area contributed by atoms with Crippen LogP contribution in [0.3, 0.4) is 0 Å². The quantitative estimate of drug-likeness (QED) is 0.786. The third-order valence-corrected chi connectivity index (χ3v) is 5.17. The van der Waals surface area contributed by atoms with Crippen LogP contribution in [0.1, 0.15) is 19.8 Å². The maximum atomic E-state index is 12.1. The zero-order valence-corrected chi connectivity index (χ0v) is 12.9. The Balaban J connectivity index is 1.79. The lowest BCUT2D eigenvalue weighted by Crippen LogP contribution is -2.55. The van der Waals surface area contributed by atoms with Gasteiger partial charge in [-0.25, -0.2) is 13.2 Å². The van der Waals surface area contributed by atoms with Crippen molar-refractivity contribution in [3.05, 3.63) is 0 Å². The van der Waals surface area contributed by atoms with Crippen molar-refractivity contribution in [2.45, 2.75) is 31.9 Å². The Hall–Kier alpha value is -0.860. The summed E-state index contributed by atoms with van der Waals surface area (Å²) in [6.07, 6.45) is 3.31. The van der Waals surface area contributed by atoms with E-state index < -0.39 is 10.0 Å². The molecule has 0 spiro atoms. The lowest BCUT2D eigenvalue weighted by Gasteiger charge is -2.34. The van der Waals surface area contributed by atoms with Crippen LogP contribution in [-0.4, -0.2) is 74.8 Å². The fraction of sp³-hybridized carbons (Fsp3) is 0.917. The SMILES string of the molecule is C[C@@H](NC(=O)N1CCN(S(C)(=O)=O)CC1)[C@@H]1CCCO1. The first kappa shape index (κ1) is 15.5. The van der Waals surface area contributed by atoms with Gasteiger partial charge in [0, 0.05) is 32.8 Å². The third kappa shape index (κ3) is 3.83. The number of amides is 2. The van der Waals surface area contributed by atoms with E-state index in [1.54, 1.807) is 4.90 Å². The van der Waals surface area contributed by atoms with Gasteiger partial charge in [0.05, 0.1) is 18.4 Å². The molecule has 2 saturated heterocycles. The summed E-state index contributed by atoms with van der Waals surface area (Å²) >= 11 is 0. The second kappa shape index (κ2) is 6.28. The highest BCUT2D eigenvalue weighted by Gasteiger charge is 2.29. The summed E-state index contributed by atoms with van der Waals surface area (Å²) in [4.78, 5) is 13.8. The number of hydrogen-bond acceptors (Lipinski definition) is 4. The molecule has 8 heteroatoms. The summed E-state index contributed by atoms with van der Waals surface area (Å²) in [5.74, 6) is 0. The predicted octanol–water partition coefficient (Wildman–Crippen LogP) is -0.159. The van der Waals surface area contributed by atoms with Gasteiger partial charge < -0.3 is 15.0 Å². The summed E-state index contributed by atoms with van der Waals surface area (Å²) in [7, 11) is -3.16. The molecular weight excluding hydrogens is 282 g/mol. The summed E-state index contributed by atoms with van der Waals surface area (Å²) in [6.45, 7) is 4.29. The van der Waals surface area contributed by atoms with Crippen LogP contribution in [-0.2, 0) is 14.8 Å². The van der Waals surface area contributed by atoms with E-state index in [0.29, 0.717) is 26.2 Å². The van der Waals surface area contributed by atoms with Gasteiger partial charge in [-0.2, -0.15) is 4.31 Å². The van der Waals surface area contributed by atoms with Gasteiger partial charge in [0.1, 0.15) is 0 Å². The average Bonchev–Trinajstić information content (AvgIpc) is 2.91. The molecule has 0 radical (unpaired) electrons. The predicted molar refractivity (Wildman–Crippen MR) is 75.0 cm³/mol. The molecule has 20 heavy (non-hydrogen) atoms. The van der Waals surface area contributed by atoms with E-state index in [-0.39, 0.29) is 18.2 Å². The van der Waals surface area contributed by atoms with Crippen molar-refractivity contribution in [1.29, 1.82) is 0 Å². The number of sulfonamides is 1. The number of carbonyl (C=O) groups excluding carboxylic acids is 1. The van der Waals surface area contributed by atoms with Crippen molar-refractivity contribution in [2.75, 3.05) is 39.0 Å². The van der Waals surface area contributed by atoms with Crippen molar-refractivity contribution in [1.82, 2.24) is 14.5 Å². The van der Waals surface area contributed by atoms with Gasteiger partial charge in [0.15, 0.2) is 0 Å². The highest BCUT2D eigenvalue weighted by molar-refractivity contribution is 7.88. The van der Waals surface area contributed by atoms with Crippen molar-refractivity contribution in [3.63, 3.8) is 0 Å². The Bertz CT molecular complexity index is 440. The minimum absolute atomic E-state index is 0.0158. The first-order valence-electron chi connectivity index (χ1n) is 7.00. The number of carbonyl (C=O) groups is 1. The lowest BCUT2D eigenvalue weighted by molar-refractivity contribution is 0.0821. The van der Waals surface area contributed by atoms with Gasteiger partial charge in [-0.3, -0.25) is 0 Å². The van der Waals surface area contributed by atoms with E-state index in [9.17, 15) is 13.2 Å². The van der Waals surface area contributed by atoms with Crippen LogP contribution in [0.15, 0.2) is 0 Å². The highest BCUT2D eigenvalue weighted by Crippen LogP contribution is 2.15. The lowest BCUT2D eigenvalue weighted by atomic mass is 10.1. The zero-order chi connectivity index (χ0) is 14.8. The van der Waals surface area contributed by atoms with Crippen molar-refractivity contribution >= 4 is 16.1 Å². The molecule has 2 heterocycles. The highest BCUT2D eigenvalue weighted by atomic mass is 32.2. The molecule has 0 aliphatic carbocycles. The molecule has 0 unspecified atom stereocenters. The monoisotopic (exact) mass is 305 g/mol. The van der Waals surface area contributed by atoms with Crippen molar-refractivity contribution in [3.8, 4) is 0 Å². The normalized spacial score (nSPS) is 26.5. The fourth-order valence-electron chi connectivity index (χ4n) is 2.60. The van der Waals surface area contributed by atoms with Crippen molar-refractivity contribution in [2.24, 2.45) is 0 Å². The summed E-state index contributed by atoms with van der Waals surface area (Å²) in [5.41, 5.74) is 0. The number of hydrogen-bond donors (Lipinski definition) is 1. The molecule has 7 nitrogen and oxygen atoms in total. The Morgan fingerprint density at radius 2 is 1.95 bits per heavy atom. The van der Waals surface area contributed by atoms with Gasteiger partial charge in [0.25, 0.3) is 0 Å². The molecular formula is C12H23N3O4S. The molecule has 0 aromatic rings. The van der Waals surface area contributed by atoms with Gasteiger partial charge >= 0.3 is 6.03 Å². The maximum absolute atomic E-state index is 12.1. The Morgan fingerprint density at radius 3 is 2.45 bits per heavy atom. The molecule has 2 atom stereocenters. The minimum atomic E-state index is -3.16. The molecule has 0 bridgehead atoms. The molecule has 2 aliphatic rings. The van der Waals surface area contributed by atoms with Crippen LogP contribution in [0, 0.1) is 0 Å². The second-order valence-corrected chi connectivity index (χ2v) is 7.42. The minimum Gasteiger partial charge on any atom is -0.376 e. The molecule has 0 saturated carbocycles. The van der Waals surface area contributed by atoms with Crippen LogP contribution in [0.25, 0.3) is 0 Å². The van der Waals surface area contributed by atoms with Crippen LogP contribution < -0.4 is 5.32 Å². The number of nitrogens with one attached hydrogen (secondary N) is 1. The number of piperazine rings is 1. The standard InChI is InChI=1S/C12H23N3O4S/c1-10(11-4-3-9-19-11)13-12(16)14-5-7-15(8-6-14)20(2,17)18/h10-11H,3-9H2,1-2H3,(H,13,16)/t10-,11+/m1/s1. The maximum Gasteiger partial charge on any atom is 0.317 e. The van der Waals surface area contributed by atoms with Crippen LogP contribution in [0.2, 0.25) is 0 Å². The second-order valence-electron chi connectivity index (χ2n) is 5.44. The van der Waals surface area contributed by atoms with E-state index in [2.05, 4.69) is 5.32 Å². The van der Waals surface area contributed by atoms with E-state index in [1.165, 1.54) is 10.6 Å². The Kier molecular flexibility index (Phi) is 4.87. The van der Waals surface area contributed by atoms with E-state index in [0.717, 1.165) is 19.4 Å². The first-order chi connectivity index (χ1) is 9.38. The van der Waals surface area contributed by atoms with E-state index in [1.807, 2.05) is 6.92 Å². The van der Waals surface area contributed by atoms with Gasteiger partial charge in [-0.15, -0.1) is 0 Å². The topological polar surface area (TPSA) is 79.0 Å². The van der Waals surface area contributed by atoms with Gasteiger partial charge in [-0.1, -0.05) is 0 Å². The Morgan fingerprint density at radius 1 is 1.30 bits per heavy atom. The Labute approximate surface area is 120 Å². The fourth-order valence-corrected chi connectivity index (χ4v) is 3.43. The van der Waals surface area contributed by atoms with Crippen LogP contribution in [0.4, 0.5) is 4.79 Å². The van der Waals surface area contributed by atoms with Gasteiger partial charge in [-0.05, 0) is 19.8 Å². The molecule has 1 N–H and O–H groups in total. The number of ether oxygens (including phenoxy) is 1. The first-order valence-corrected chi connectivity index (χ1v) is 8.85. The molecule has 2 fully saturated rings. The summed E-state index contributed by atoms with van der Waals surface area (Å²) < 4.78 is 29.8. The molecule has 116 valence electrons. The molecule has 2 aliphatic heterocycles. The molecule has 2 amide bonds. The van der Waals surface area contributed by atoms with E-state index >= 15 is 0 Å². The van der Waals surface area contributed by atoms with E-state index in [4.69, 9.17) is 4.74 Å². The number of nitrogens with zero attached hydrogens (tertiary/aromatic N) is 2. The molecule has 2 rings (SSSR count). The molecule has 0 aromatic carbocycles. The van der Waals surface area contributed by atoms with Crippen LogP contribution in [0.5, 0.6) is 0 Å². The third-order valence-electron chi connectivity index (χ3n) is 3.87. The number of urea groups is 1. The summed E-state index contributed by atoms with van der Waals surface area (Å²) in [5, 5.41) is 2.94. The largest absolute Gasteiger partial charge is 0.376 e. The zero-order valence-electron chi connectivity index (χ0n) is 12.0. The smallest absolute Gasteiger partial charge is 0.317 e. The average molecular weight is 305 g/mol. The van der Waals surface area contributed by atoms with Crippen molar-refractivity contribution < 1.29 is 17.9 Å². The summed E-state index contributed by atoms with van der Waals surface area (Å²) in [6, 6.07) is -0.154. The number of rotatable bonds is 3. The molecule has 0 aromatic heterocycles. The van der Waals surface area contributed by atoms with Gasteiger partial charge in [0.2, 0.25) is 10.0 Å². The van der Waals surface area contributed by atoms with Crippen LogP contribution >= 0.6 is 0 Å².